The molecule has 17 heavy (non-hydrogen) atoms. The van der Waals surface area contributed by atoms with E-state index in [-0.39, 0.29) is 0 Å². The standard InChI is InChI=1S/C12H15ClN2OS/c1-4-15-11(9(13)7-14-15)12(3,16)10-6-5-8(2)17-10/h5-7,16H,4H2,1-3H3. The molecule has 0 aromatic carbocycles. The average molecular weight is 271 g/mol. The van der Waals surface area contributed by atoms with Crippen molar-refractivity contribution in [1.29, 1.82) is 0 Å². The van der Waals surface area contributed by atoms with Crippen molar-refractivity contribution in [3.63, 3.8) is 0 Å². The molecule has 0 saturated heterocycles. The van der Waals surface area contributed by atoms with Gasteiger partial charge in [-0.3, -0.25) is 4.68 Å². The van der Waals surface area contributed by atoms with E-state index < -0.39 is 5.60 Å². The maximum Gasteiger partial charge on any atom is 0.139 e. The molecule has 1 unspecified atom stereocenters. The van der Waals surface area contributed by atoms with Gasteiger partial charge >= 0.3 is 0 Å². The third kappa shape index (κ3) is 2.12. The van der Waals surface area contributed by atoms with Crippen molar-refractivity contribution < 1.29 is 5.11 Å². The number of thiophene rings is 1. The van der Waals surface area contributed by atoms with Crippen LogP contribution in [0, 0.1) is 6.92 Å². The zero-order valence-electron chi connectivity index (χ0n) is 10.1. The molecule has 1 atom stereocenters. The number of hydrogen-bond acceptors (Lipinski definition) is 3. The molecule has 0 aliphatic rings. The van der Waals surface area contributed by atoms with Crippen LogP contribution in [0.15, 0.2) is 18.3 Å². The molecular weight excluding hydrogens is 256 g/mol. The predicted octanol–water partition coefficient (Wildman–Crippen LogP) is 3.18. The van der Waals surface area contributed by atoms with E-state index in [1.807, 2.05) is 26.0 Å². The number of halogens is 1. The zero-order chi connectivity index (χ0) is 12.6. The maximum absolute atomic E-state index is 10.7. The van der Waals surface area contributed by atoms with Gasteiger partial charge in [0.1, 0.15) is 5.60 Å². The van der Waals surface area contributed by atoms with Gasteiger partial charge in [0.25, 0.3) is 0 Å². The third-order valence-corrected chi connectivity index (χ3v) is 4.26. The number of rotatable bonds is 3. The molecular formula is C12H15ClN2OS. The highest BCUT2D eigenvalue weighted by Crippen LogP contribution is 2.37. The fourth-order valence-electron chi connectivity index (χ4n) is 1.90. The minimum Gasteiger partial charge on any atom is -0.378 e. The van der Waals surface area contributed by atoms with Crippen LogP contribution in [0.2, 0.25) is 5.02 Å². The van der Waals surface area contributed by atoms with Crippen LogP contribution in [0.1, 0.15) is 29.3 Å². The van der Waals surface area contributed by atoms with Gasteiger partial charge in [-0.25, -0.2) is 0 Å². The lowest BCUT2D eigenvalue weighted by Gasteiger charge is -2.23. The van der Waals surface area contributed by atoms with Gasteiger partial charge < -0.3 is 5.11 Å². The smallest absolute Gasteiger partial charge is 0.139 e. The molecule has 1 N–H and O–H groups in total. The van der Waals surface area contributed by atoms with Crippen molar-refractivity contribution in [1.82, 2.24) is 9.78 Å². The quantitative estimate of drug-likeness (QED) is 0.930. The molecule has 2 rings (SSSR count). The Morgan fingerprint density at radius 3 is 2.76 bits per heavy atom. The largest absolute Gasteiger partial charge is 0.378 e. The van der Waals surface area contributed by atoms with Gasteiger partial charge in [0.15, 0.2) is 0 Å². The monoisotopic (exact) mass is 270 g/mol. The summed E-state index contributed by atoms with van der Waals surface area (Å²) in [5.41, 5.74) is -0.439. The van der Waals surface area contributed by atoms with Crippen LogP contribution >= 0.6 is 22.9 Å². The third-order valence-electron chi connectivity index (χ3n) is 2.78. The second kappa shape index (κ2) is 4.44. The van der Waals surface area contributed by atoms with Gasteiger partial charge in [-0.15, -0.1) is 11.3 Å². The van der Waals surface area contributed by atoms with E-state index in [1.165, 1.54) is 4.88 Å². The molecule has 2 aromatic rings. The molecule has 0 aliphatic carbocycles. The lowest BCUT2D eigenvalue weighted by molar-refractivity contribution is 0.0957. The first-order valence-electron chi connectivity index (χ1n) is 5.48. The van der Waals surface area contributed by atoms with Gasteiger partial charge in [0.05, 0.1) is 16.9 Å². The molecule has 92 valence electrons. The maximum atomic E-state index is 10.7. The first-order valence-corrected chi connectivity index (χ1v) is 6.67. The van der Waals surface area contributed by atoms with E-state index in [4.69, 9.17) is 11.6 Å². The minimum absolute atomic E-state index is 0.503. The molecule has 0 amide bonds. The Labute approximate surface area is 110 Å². The summed E-state index contributed by atoms with van der Waals surface area (Å²) in [5, 5.41) is 15.4. The van der Waals surface area contributed by atoms with Crippen LogP contribution in [-0.2, 0) is 12.1 Å². The van der Waals surface area contributed by atoms with Gasteiger partial charge in [0.2, 0.25) is 0 Å². The average Bonchev–Trinajstić information content (AvgIpc) is 2.84. The van der Waals surface area contributed by atoms with Crippen LogP contribution in [0.5, 0.6) is 0 Å². The highest BCUT2D eigenvalue weighted by molar-refractivity contribution is 7.12. The van der Waals surface area contributed by atoms with Gasteiger partial charge in [0, 0.05) is 16.3 Å². The van der Waals surface area contributed by atoms with Gasteiger partial charge in [-0.2, -0.15) is 5.10 Å². The van der Waals surface area contributed by atoms with Crippen LogP contribution in [0.25, 0.3) is 0 Å². The molecule has 2 heterocycles. The molecule has 5 heteroatoms. The summed E-state index contributed by atoms with van der Waals surface area (Å²) in [4.78, 5) is 2.05. The zero-order valence-corrected chi connectivity index (χ0v) is 11.6. The second-order valence-corrected chi connectivity index (χ2v) is 5.83. The highest BCUT2D eigenvalue weighted by Gasteiger charge is 2.33. The van der Waals surface area contributed by atoms with Gasteiger partial charge in [-0.1, -0.05) is 11.6 Å². The molecule has 0 aliphatic heterocycles. The van der Waals surface area contributed by atoms with E-state index in [2.05, 4.69) is 5.10 Å². The van der Waals surface area contributed by atoms with E-state index in [9.17, 15) is 5.11 Å². The summed E-state index contributed by atoms with van der Waals surface area (Å²) in [6, 6.07) is 3.93. The fourth-order valence-corrected chi connectivity index (χ4v) is 3.14. The number of aromatic nitrogens is 2. The molecule has 0 bridgehead atoms. The van der Waals surface area contributed by atoms with Gasteiger partial charge in [-0.05, 0) is 32.9 Å². The van der Waals surface area contributed by atoms with Crippen LogP contribution in [-0.4, -0.2) is 14.9 Å². The Hall–Kier alpha value is -0.840. The van der Waals surface area contributed by atoms with Crippen molar-refractivity contribution in [2.75, 3.05) is 0 Å². The van der Waals surface area contributed by atoms with Crippen molar-refractivity contribution in [2.24, 2.45) is 0 Å². The Morgan fingerprint density at radius 1 is 1.53 bits per heavy atom. The van der Waals surface area contributed by atoms with Crippen molar-refractivity contribution in [2.45, 2.75) is 32.9 Å². The highest BCUT2D eigenvalue weighted by atomic mass is 35.5. The molecule has 0 radical (unpaired) electrons. The number of aliphatic hydroxyl groups is 1. The number of hydrogen-bond donors (Lipinski definition) is 1. The lowest BCUT2D eigenvalue weighted by atomic mass is 10.0. The molecule has 2 aromatic heterocycles. The van der Waals surface area contributed by atoms with Crippen LogP contribution in [0.3, 0.4) is 0 Å². The predicted molar refractivity (Wildman–Crippen MR) is 70.6 cm³/mol. The number of nitrogens with zero attached hydrogens (tertiary/aromatic N) is 2. The van der Waals surface area contributed by atoms with Crippen molar-refractivity contribution in [3.05, 3.63) is 38.8 Å². The molecule has 0 spiro atoms. The summed E-state index contributed by atoms with van der Waals surface area (Å²) in [7, 11) is 0. The Bertz CT molecular complexity index is 530. The van der Waals surface area contributed by atoms with E-state index >= 15 is 0 Å². The fraction of sp³-hybridized carbons (Fsp3) is 0.417. The van der Waals surface area contributed by atoms with Crippen LogP contribution in [0.4, 0.5) is 0 Å². The Morgan fingerprint density at radius 2 is 2.24 bits per heavy atom. The number of aryl methyl sites for hydroxylation is 2. The molecule has 0 saturated carbocycles. The van der Waals surface area contributed by atoms with E-state index in [1.54, 1.807) is 29.1 Å². The second-order valence-electron chi connectivity index (χ2n) is 4.14. The Balaban J connectivity index is 2.54. The minimum atomic E-state index is -1.09. The van der Waals surface area contributed by atoms with Crippen molar-refractivity contribution >= 4 is 22.9 Å². The molecule has 0 fully saturated rings. The van der Waals surface area contributed by atoms with E-state index in [0.29, 0.717) is 17.3 Å². The Kier molecular flexibility index (Phi) is 3.30. The summed E-state index contributed by atoms with van der Waals surface area (Å²) in [6.07, 6.45) is 1.58. The summed E-state index contributed by atoms with van der Waals surface area (Å²) in [5.74, 6) is 0. The van der Waals surface area contributed by atoms with E-state index in [0.717, 1.165) is 4.88 Å². The first kappa shape index (κ1) is 12.6. The molecule has 3 nitrogen and oxygen atoms in total. The van der Waals surface area contributed by atoms with Crippen molar-refractivity contribution in [3.8, 4) is 0 Å². The van der Waals surface area contributed by atoms with Crippen LogP contribution < -0.4 is 0 Å². The lowest BCUT2D eigenvalue weighted by Crippen LogP contribution is -2.26. The SMILES string of the molecule is CCn1ncc(Cl)c1C(C)(O)c1ccc(C)s1. The summed E-state index contributed by atoms with van der Waals surface area (Å²) < 4.78 is 1.73. The summed E-state index contributed by atoms with van der Waals surface area (Å²) in [6.45, 7) is 6.43. The normalized spacial score (nSPS) is 14.9. The topological polar surface area (TPSA) is 38.0 Å². The first-order chi connectivity index (χ1) is 7.96. The summed E-state index contributed by atoms with van der Waals surface area (Å²) >= 11 is 7.70.